The summed E-state index contributed by atoms with van der Waals surface area (Å²) in [4.78, 5) is 4.27. The van der Waals surface area contributed by atoms with Crippen LogP contribution in [-0.4, -0.2) is 9.55 Å². The average Bonchev–Trinajstić information content (AvgIpc) is 2.77. The van der Waals surface area contributed by atoms with E-state index in [2.05, 4.69) is 33.9 Å². The Morgan fingerprint density at radius 3 is 2.94 bits per heavy atom. The Hall–Kier alpha value is -1.60. The predicted octanol–water partition coefficient (Wildman–Crippen LogP) is 3.07. The molecule has 0 saturated carbocycles. The first kappa shape index (κ1) is 10.9. The van der Waals surface area contributed by atoms with E-state index < -0.39 is 0 Å². The van der Waals surface area contributed by atoms with Crippen molar-refractivity contribution >= 4 is 15.9 Å². The molecule has 16 heavy (non-hydrogen) atoms. The van der Waals surface area contributed by atoms with Crippen LogP contribution in [0.3, 0.4) is 0 Å². The van der Waals surface area contributed by atoms with Crippen LogP contribution in [0.5, 0.6) is 0 Å². The van der Waals surface area contributed by atoms with Crippen LogP contribution in [0.15, 0.2) is 35.1 Å². The van der Waals surface area contributed by atoms with E-state index in [-0.39, 0.29) is 0 Å². The molecule has 0 aliphatic heterocycles. The van der Waals surface area contributed by atoms with Gasteiger partial charge in [0, 0.05) is 29.0 Å². The molecule has 0 N–H and O–H groups in total. The van der Waals surface area contributed by atoms with Crippen molar-refractivity contribution in [1.82, 2.24) is 9.55 Å². The van der Waals surface area contributed by atoms with Crippen LogP contribution in [0.1, 0.15) is 18.3 Å². The van der Waals surface area contributed by atoms with Gasteiger partial charge in [0.1, 0.15) is 11.9 Å². The summed E-state index contributed by atoms with van der Waals surface area (Å²) in [5.74, 6) is 1.01. The Kier molecular flexibility index (Phi) is 3.07. The highest BCUT2D eigenvalue weighted by Crippen LogP contribution is 2.21. The normalized spacial score (nSPS) is 10.1. The molecule has 0 unspecified atom stereocenters. The first-order chi connectivity index (χ1) is 7.76. The lowest BCUT2D eigenvalue weighted by molar-refractivity contribution is 0.890. The molecule has 80 valence electrons. The molecule has 0 amide bonds. The van der Waals surface area contributed by atoms with Gasteiger partial charge in [-0.2, -0.15) is 5.26 Å². The highest BCUT2D eigenvalue weighted by atomic mass is 79.9. The standard InChI is InChI=1S/C12H10BrN3/c1-2-12-15-5-6-16(12)10-4-3-9(8-14)11(13)7-10/h3-7H,2H2,1H3. The lowest BCUT2D eigenvalue weighted by Crippen LogP contribution is -1.99. The van der Waals surface area contributed by atoms with Crippen molar-refractivity contribution in [2.24, 2.45) is 0 Å². The maximum absolute atomic E-state index is 8.84. The topological polar surface area (TPSA) is 41.6 Å². The maximum Gasteiger partial charge on any atom is 0.112 e. The summed E-state index contributed by atoms with van der Waals surface area (Å²) in [7, 11) is 0. The maximum atomic E-state index is 8.84. The van der Waals surface area contributed by atoms with E-state index in [4.69, 9.17) is 5.26 Å². The third kappa shape index (κ3) is 1.86. The van der Waals surface area contributed by atoms with Crippen LogP contribution in [0, 0.1) is 11.3 Å². The van der Waals surface area contributed by atoms with Crippen molar-refractivity contribution in [2.75, 3.05) is 0 Å². The van der Waals surface area contributed by atoms with Gasteiger partial charge < -0.3 is 4.57 Å². The average molecular weight is 276 g/mol. The number of hydrogen-bond donors (Lipinski definition) is 0. The quantitative estimate of drug-likeness (QED) is 0.845. The second-order valence-electron chi connectivity index (χ2n) is 3.34. The van der Waals surface area contributed by atoms with Gasteiger partial charge >= 0.3 is 0 Å². The van der Waals surface area contributed by atoms with Gasteiger partial charge in [0.2, 0.25) is 0 Å². The first-order valence-electron chi connectivity index (χ1n) is 4.98. The number of rotatable bonds is 2. The van der Waals surface area contributed by atoms with E-state index in [1.54, 1.807) is 12.3 Å². The van der Waals surface area contributed by atoms with Crippen LogP contribution in [0.4, 0.5) is 0 Å². The van der Waals surface area contributed by atoms with Gasteiger partial charge in [-0.05, 0) is 34.1 Å². The van der Waals surface area contributed by atoms with Crippen LogP contribution >= 0.6 is 15.9 Å². The van der Waals surface area contributed by atoms with E-state index in [0.717, 1.165) is 22.4 Å². The summed E-state index contributed by atoms with van der Waals surface area (Å²) in [5, 5.41) is 8.84. The monoisotopic (exact) mass is 275 g/mol. The third-order valence-corrected chi connectivity index (χ3v) is 3.04. The molecule has 4 heteroatoms. The van der Waals surface area contributed by atoms with Crippen molar-refractivity contribution in [3.63, 3.8) is 0 Å². The Balaban J connectivity index is 2.50. The number of hydrogen-bond acceptors (Lipinski definition) is 2. The zero-order chi connectivity index (χ0) is 11.5. The number of nitrogens with zero attached hydrogens (tertiary/aromatic N) is 3. The Morgan fingerprint density at radius 2 is 2.31 bits per heavy atom. The number of aryl methyl sites for hydroxylation is 1. The SMILES string of the molecule is CCc1nccn1-c1ccc(C#N)c(Br)c1. The summed E-state index contributed by atoms with van der Waals surface area (Å²) in [6, 6.07) is 7.78. The summed E-state index contributed by atoms with van der Waals surface area (Å²) < 4.78 is 2.83. The fourth-order valence-electron chi connectivity index (χ4n) is 1.58. The molecule has 1 heterocycles. The first-order valence-corrected chi connectivity index (χ1v) is 5.77. The van der Waals surface area contributed by atoms with Gasteiger partial charge in [0.25, 0.3) is 0 Å². The second kappa shape index (κ2) is 4.50. The van der Waals surface area contributed by atoms with Gasteiger partial charge in [-0.1, -0.05) is 6.92 Å². The molecule has 0 bridgehead atoms. The van der Waals surface area contributed by atoms with Crippen LogP contribution in [-0.2, 0) is 6.42 Å². The minimum absolute atomic E-state index is 0.641. The summed E-state index contributed by atoms with van der Waals surface area (Å²) in [6.07, 6.45) is 4.59. The number of aromatic nitrogens is 2. The van der Waals surface area contributed by atoms with Crippen LogP contribution in [0.2, 0.25) is 0 Å². The van der Waals surface area contributed by atoms with Gasteiger partial charge in [0.05, 0.1) is 5.56 Å². The lowest BCUT2D eigenvalue weighted by Gasteiger charge is -2.07. The van der Waals surface area contributed by atoms with Gasteiger partial charge in [-0.25, -0.2) is 4.98 Å². The largest absolute Gasteiger partial charge is 0.304 e. The van der Waals surface area contributed by atoms with Crippen molar-refractivity contribution in [1.29, 1.82) is 5.26 Å². The molecule has 3 nitrogen and oxygen atoms in total. The molecule has 2 rings (SSSR count). The smallest absolute Gasteiger partial charge is 0.112 e. The van der Waals surface area contributed by atoms with E-state index in [1.807, 2.05) is 22.9 Å². The third-order valence-electron chi connectivity index (χ3n) is 2.38. The predicted molar refractivity (Wildman–Crippen MR) is 65.4 cm³/mol. The van der Waals surface area contributed by atoms with Gasteiger partial charge in [0.15, 0.2) is 0 Å². The Morgan fingerprint density at radius 1 is 1.50 bits per heavy atom. The van der Waals surface area contributed by atoms with Crippen molar-refractivity contribution in [2.45, 2.75) is 13.3 Å². The second-order valence-corrected chi connectivity index (χ2v) is 4.20. The molecular weight excluding hydrogens is 266 g/mol. The minimum atomic E-state index is 0.641. The molecule has 0 spiro atoms. The van der Waals surface area contributed by atoms with Crippen LogP contribution in [0.25, 0.3) is 5.69 Å². The van der Waals surface area contributed by atoms with E-state index in [1.165, 1.54) is 0 Å². The molecule has 0 aliphatic carbocycles. The fourth-order valence-corrected chi connectivity index (χ4v) is 2.03. The zero-order valence-corrected chi connectivity index (χ0v) is 10.4. The van der Waals surface area contributed by atoms with E-state index in [9.17, 15) is 0 Å². The zero-order valence-electron chi connectivity index (χ0n) is 8.81. The van der Waals surface area contributed by atoms with Crippen molar-refractivity contribution in [3.8, 4) is 11.8 Å². The van der Waals surface area contributed by atoms with Crippen molar-refractivity contribution < 1.29 is 0 Å². The number of halogens is 1. The highest BCUT2D eigenvalue weighted by molar-refractivity contribution is 9.10. The molecule has 0 atom stereocenters. The summed E-state index contributed by atoms with van der Waals surface area (Å²) in [5.41, 5.74) is 1.65. The molecule has 1 aromatic heterocycles. The molecule has 0 fully saturated rings. The molecule has 0 saturated heterocycles. The molecule has 1 aromatic carbocycles. The number of imidazole rings is 1. The van der Waals surface area contributed by atoms with E-state index in [0.29, 0.717) is 5.56 Å². The number of benzene rings is 1. The van der Waals surface area contributed by atoms with E-state index >= 15 is 0 Å². The molecule has 2 aromatic rings. The molecular formula is C12H10BrN3. The minimum Gasteiger partial charge on any atom is -0.304 e. The number of nitriles is 1. The fraction of sp³-hybridized carbons (Fsp3) is 0.167. The van der Waals surface area contributed by atoms with Crippen LogP contribution < -0.4 is 0 Å². The summed E-state index contributed by atoms with van der Waals surface area (Å²) in [6.45, 7) is 2.07. The Bertz CT molecular complexity index is 552. The summed E-state index contributed by atoms with van der Waals surface area (Å²) >= 11 is 3.38. The van der Waals surface area contributed by atoms with Crippen molar-refractivity contribution in [3.05, 3.63) is 46.5 Å². The van der Waals surface area contributed by atoms with Gasteiger partial charge in [-0.15, -0.1) is 0 Å². The molecule has 0 radical (unpaired) electrons. The Labute approximate surface area is 102 Å². The lowest BCUT2D eigenvalue weighted by atomic mass is 10.2. The van der Waals surface area contributed by atoms with Gasteiger partial charge in [-0.3, -0.25) is 0 Å². The highest BCUT2D eigenvalue weighted by Gasteiger charge is 2.05. The molecule has 0 aliphatic rings.